The summed E-state index contributed by atoms with van der Waals surface area (Å²) in [6.07, 6.45) is 2.44. The van der Waals surface area contributed by atoms with Crippen LogP contribution in [0.2, 0.25) is 0 Å². The molecule has 0 aliphatic carbocycles. The lowest BCUT2D eigenvalue weighted by atomic mass is 10.1. The zero-order valence-corrected chi connectivity index (χ0v) is 17.5. The van der Waals surface area contributed by atoms with Crippen molar-refractivity contribution in [1.82, 2.24) is 14.5 Å². The average Bonchev–Trinajstić information content (AvgIpc) is 3.31. The highest BCUT2D eigenvalue weighted by Gasteiger charge is 2.40. The largest absolute Gasteiger partial charge is 0.461 e. The smallest absolute Gasteiger partial charge is 0.330 e. The molecular weight excluding hydrogens is 408 g/mol. The second kappa shape index (κ2) is 9.80. The number of aromatic nitrogens is 2. The van der Waals surface area contributed by atoms with E-state index in [4.69, 9.17) is 15.0 Å². The van der Waals surface area contributed by atoms with Crippen LogP contribution in [0.4, 0.5) is 0 Å². The van der Waals surface area contributed by atoms with Gasteiger partial charge in [-0.25, -0.2) is 9.59 Å². The Morgan fingerprint density at radius 2 is 2.19 bits per heavy atom. The van der Waals surface area contributed by atoms with E-state index < -0.39 is 41.6 Å². The van der Waals surface area contributed by atoms with Crippen LogP contribution in [0.1, 0.15) is 50.8 Å². The topological polar surface area (TPSA) is 159 Å². The van der Waals surface area contributed by atoms with E-state index in [1.165, 1.54) is 10.8 Å². The van der Waals surface area contributed by atoms with Crippen molar-refractivity contribution in [2.24, 2.45) is 5.11 Å². The van der Waals surface area contributed by atoms with Gasteiger partial charge in [0.05, 0.1) is 6.04 Å². The van der Waals surface area contributed by atoms with Gasteiger partial charge >= 0.3 is 11.7 Å². The number of azide groups is 1. The van der Waals surface area contributed by atoms with E-state index in [1.54, 1.807) is 11.8 Å². The minimum Gasteiger partial charge on any atom is -0.461 e. The predicted molar refractivity (Wildman–Crippen MR) is 108 cm³/mol. The molecular formula is C19H26N6O6. The molecule has 0 radical (unpaired) electrons. The molecule has 1 aromatic rings. The monoisotopic (exact) mass is 434 g/mol. The highest BCUT2D eigenvalue weighted by atomic mass is 16.6. The number of H-pyrrole nitrogens is 1. The molecule has 12 heteroatoms. The minimum atomic E-state index is -0.781. The number of hydrogen-bond acceptors (Lipinski definition) is 7. The Morgan fingerprint density at radius 1 is 1.42 bits per heavy atom. The summed E-state index contributed by atoms with van der Waals surface area (Å²) < 4.78 is 12.5. The van der Waals surface area contributed by atoms with Crippen molar-refractivity contribution in [1.29, 1.82) is 0 Å². The van der Waals surface area contributed by atoms with Gasteiger partial charge in [0.1, 0.15) is 25.0 Å². The molecule has 168 valence electrons. The van der Waals surface area contributed by atoms with Crippen LogP contribution >= 0.6 is 0 Å². The van der Waals surface area contributed by atoms with Crippen molar-refractivity contribution >= 4 is 11.9 Å². The maximum atomic E-state index is 12.6. The Balaban J connectivity index is 1.67. The van der Waals surface area contributed by atoms with Crippen LogP contribution in [-0.4, -0.2) is 57.7 Å². The van der Waals surface area contributed by atoms with Gasteiger partial charge in [0.25, 0.3) is 5.56 Å². The van der Waals surface area contributed by atoms with Gasteiger partial charge in [0, 0.05) is 36.1 Å². The van der Waals surface area contributed by atoms with E-state index in [2.05, 4.69) is 15.0 Å². The molecule has 31 heavy (non-hydrogen) atoms. The summed E-state index contributed by atoms with van der Waals surface area (Å²) in [7, 11) is 0. The first-order valence-electron chi connectivity index (χ1n) is 10.3. The fourth-order valence-electron chi connectivity index (χ4n) is 3.87. The molecule has 1 unspecified atom stereocenters. The number of carbonyl (C=O) groups is 2. The zero-order chi connectivity index (χ0) is 22.5. The molecule has 2 aliphatic rings. The Labute approximate surface area is 177 Å². The van der Waals surface area contributed by atoms with E-state index in [0.717, 1.165) is 12.8 Å². The number of aryl methyl sites for hydroxylation is 1. The van der Waals surface area contributed by atoms with Gasteiger partial charge in [-0.05, 0) is 25.3 Å². The number of nitrogens with zero attached hydrogens (tertiary/aromatic N) is 5. The molecule has 0 saturated carbocycles. The fraction of sp³-hybridized carbons (Fsp3) is 0.684. The van der Waals surface area contributed by atoms with Gasteiger partial charge in [0.2, 0.25) is 5.91 Å². The molecule has 2 fully saturated rings. The van der Waals surface area contributed by atoms with Crippen LogP contribution in [-0.2, 0) is 19.1 Å². The van der Waals surface area contributed by atoms with Crippen LogP contribution < -0.4 is 11.2 Å². The first-order chi connectivity index (χ1) is 14.8. The van der Waals surface area contributed by atoms with Gasteiger partial charge in [-0.2, -0.15) is 0 Å². The molecule has 3 heterocycles. The van der Waals surface area contributed by atoms with Crippen LogP contribution in [0.5, 0.6) is 0 Å². The Hall–Kier alpha value is -3.11. The van der Waals surface area contributed by atoms with Gasteiger partial charge in [-0.1, -0.05) is 18.5 Å². The third-order valence-corrected chi connectivity index (χ3v) is 5.60. The quantitative estimate of drug-likeness (QED) is 0.279. The molecule has 12 nitrogen and oxygen atoms in total. The zero-order valence-electron chi connectivity index (χ0n) is 17.5. The molecule has 2 aliphatic heterocycles. The second-order valence-electron chi connectivity index (χ2n) is 7.74. The summed E-state index contributed by atoms with van der Waals surface area (Å²) in [4.78, 5) is 55.0. The summed E-state index contributed by atoms with van der Waals surface area (Å²) in [6, 6.07) is -1.29. The Morgan fingerprint density at radius 3 is 2.90 bits per heavy atom. The first-order valence-corrected chi connectivity index (χ1v) is 10.3. The number of likely N-dealkylation sites (tertiary alicyclic amines) is 1. The number of aromatic amines is 1. The van der Waals surface area contributed by atoms with Crippen molar-refractivity contribution in [2.45, 2.75) is 70.4 Å². The van der Waals surface area contributed by atoms with Gasteiger partial charge in [-0.3, -0.25) is 19.1 Å². The van der Waals surface area contributed by atoms with Gasteiger partial charge in [0.15, 0.2) is 0 Å². The maximum Gasteiger partial charge on any atom is 0.330 e. The highest BCUT2D eigenvalue weighted by molar-refractivity contribution is 5.88. The lowest BCUT2D eigenvalue weighted by Gasteiger charge is -2.24. The number of unbranched alkanes of at least 4 members (excludes halogenated alkanes) is 1. The lowest BCUT2D eigenvalue weighted by Crippen LogP contribution is -2.41. The molecule has 3 rings (SSSR count). The van der Waals surface area contributed by atoms with Crippen LogP contribution in [0.15, 0.2) is 20.9 Å². The number of nitrogens with one attached hydrogen (secondary N) is 1. The van der Waals surface area contributed by atoms with Crippen molar-refractivity contribution in [3.05, 3.63) is 43.0 Å². The van der Waals surface area contributed by atoms with E-state index in [-0.39, 0.29) is 18.9 Å². The molecule has 4 atom stereocenters. The predicted octanol–water partition coefficient (Wildman–Crippen LogP) is 1.15. The standard InChI is InChI=1S/C19H26N6O6/c1-3-4-7-24-13(5-6-15(24)26)18(28)30-10-14-12(22-23-20)8-16(31-14)25-9-11(2)17(27)21-19(25)29/h9,12-14,16H,3-8,10H2,1-2H3,(H,21,27,29)/t12-,13?,14+,16+/m0/s1. The third-order valence-electron chi connectivity index (χ3n) is 5.60. The summed E-state index contributed by atoms with van der Waals surface area (Å²) in [6.45, 7) is 3.89. The van der Waals surface area contributed by atoms with Crippen LogP contribution in [0.3, 0.4) is 0 Å². The van der Waals surface area contributed by atoms with Gasteiger partial charge in [-0.15, -0.1) is 0 Å². The number of rotatable bonds is 8. The van der Waals surface area contributed by atoms with Crippen molar-refractivity contribution < 1.29 is 19.1 Å². The summed E-state index contributed by atoms with van der Waals surface area (Å²) >= 11 is 0. The number of ether oxygens (including phenoxy) is 2. The van der Waals surface area contributed by atoms with E-state index >= 15 is 0 Å². The molecule has 0 bridgehead atoms. The lowest BCUT2D eigenvalue weighted by molar-refractivity contribution is -0.156. The van der Waals surface area contributed by atoms with Crippen molar-refractivity contribution in [3.8, 4) is 0 Å². The van der Waals surface area contributed by atoms with Gasteiger partial charge < -0.3 is 14.4 Å². The SMILES string of the molecule is CCCCN1C(=O)CCC1C(=O)OC[C@H]1O[C@@H](n2cc(C)c(=O)[nH]c2=O)C[C@@H]1N=[N+]=[N-]. The summed E-state index contributed by atoms with van der Waals surface area (Å²) in [5, 5.41) is 3.71. The van der Waals surface area contributed by atoms with Crippen molar-refractivity contribution in [2.75, 3.05) is 13.2 Å². The molecule has 2 saturated heterocycles. The molecule has 1 amide bonds. The van der Waals surface area contributed by atoms with E-state index in [0.29, 0.717) is 24.9 Å². The van der Waals surface area contributed by atoms with Crippen molar-refractivity contribution in [3.63, 3.8) is 0 Å². The number of esters is 1. The Kier molecular flexibility index (Phi) is 7.13. The first kappa shape index (κ1) is 22.6. The summed E-state index contributed by atoms with van der Waals surface area (Å²) in [5.41, 5.74) is 8.06. The third kappa shape index (κ3) is 4.97. The molecule has 1 N–H and O–H groups in total. The molecule has 0 spiro atoms. The maximum absolute atomic E-state index is 12.6. The number of amides is 1. The normalized spacial score (nSPS) is 25.5. The fourth-order valence-corrected chi connectivity index (χ4v) is 3.87. The highest BCUT2D eigenvalue weighted by Crippen LogP contribution is 2.30. The minimum absolute atomic E-state index is 0.0626. The van der Waals surface area contributed by atoms with Crippen LogP contribution in [0, 0.1) is 6.92 Å². The van der Waals surface area contributed by atoms with Crippen LogP contribution in [0.25, 0.3) is 10.4 Å². The van der Waals surface area contributed by atoms with E-state index in [9.17, 15) is 19.2 Å². The number of hydrogen-bond donors (Lipinski definition) is 1. The Bertz CT molecular complexity index is 996. The average molecular weight is 434 g/mol. The second-order valence-corrected chi connectivity index (χ2v) is 7.74. The van der Waals surface area contributed by atoms with E-state index in [1.807, 2.05) is 6.92 Å². The molecule has 1 aromatic heterocycles. The summed E-state index contributed by atoms with van der Waals surface area (Å²) in [5.74, 6) is -0.585. The number of carbonyl (C=O) groups excluding carboxylic acids is 2. The molecule has 0 aromatic carbocycles.